The van der Waals surface area contributed by atoms with E-state index in [1.54, 1.807) is 20.8 Å². The first-order chi connectivity index (χ1) is 22.1. The fraction of sp³-hybridized carbons (Fsp3) is 0.556. The molecule has 2 rings (SSSR count). The summed E-state index contributed by atoms with van der Waals surface area (Å²) in [5, 5.41) is 8.49. The number of nitrogens with one attached hydrogen (secondary N) is 3. The van der Waals surface area contributed by atoms with Crippen LogP contribution >= 0.6 is 0 Å². The second-order valence-corrected chi connectivity index (χ2v) is 13.6. The summed E-state index contributed by atoms with van der Waals surface area (Å²) in [5.41, 5.74) is 3.38. The zero-order chi connectivity index (χ0) is 35.1. The number of alkyl carbamates (subject to hydrolysis) is 1. The first kappa shape index (κ1) is 38.9. The maximum atomic E-state index is 13.2. The lowest BCUT2D eigenvalue weighted by Gasteiger charge is -2.31. The van der Waals surface area contributed by atoms with Crippen LogP contribution in [0.25, 0.3) is 0 Å². The molecule has 11 nitrogen and oxygen atoms in total. The van der Waals surface area contributed by atoms with E-state index in [1.807, 2.05) is 49.4 Å². The largest absolute Gasteiger partial charge is 0.469 e. The number of rotatable bonds is 16. The number of carbonyl (C=O) groups excluding carboxylic acids is 4. The summed E-state index contributed by atoms with van der Waals surface area (Å²) in [6.45, 7) is 17.6. The van der Waals surface area contributed by atoms with Gasteiger partial charge in [-0.25, -0.2) is 9.59 Å². The highest BCUT2D eigenvalue weighted by molar-refractivity contribution is 6.02. The van der Waals surface area contributed by atoms with E-state index in [-0.39, 0.29) is 37.9 Å². The molecule has 0 spiro atoms. The van der Waals surface area contributed by atoms with Crippen LogP contribution in [-0.2, 0) is 23.8 Å². The van der Waals surface area contributed by atoms with Crippen LogP contribution in [0.15, 0.2) is 42.5 Å². The van der Waals surface area contributed by atoms with Crippen molar-refractivity contribution < 1.29 is 33.4 Å². The van der Waals surface area contributed by atoms with Gasteiger partial charge in [0.05, 0.1) is 37.9 Å². The van der Waals surface area contributed by atoms with Gasteiger partial charge in [0, 0.05) is 25.3 Å². The van der Waals surface area contributed by atoms with Gasteiger partial charge in [-0.15, -0.1) is 0 Å². The molecule has 1 atom stereocenters. The van der Waals surface area contributed by atoms with Crippen molar-refractivity contribution in [2.75, 3.05) is 48.9 Å². The fourth-order valence-corrected chi connectivity index (χ4v) is 4.90. The van der Waals surface area contributed by atoms with Crippen LogP contribution in [0.1, 0.15) is 84.8 Å². The number of hydrogen-bond acceptors (Lipinski definition) is 8. The molecule has 260 valence electrons. The van der Waals surface area contributed by atoms with E-state index in [9.17, 15) is 19.2 Å². The number of nitrogens with zero attached hydrogens (tertiary/aromatic N) is 1. The molecule has 3 amide bonds. The summed E-state index contributed by atoms with van der Waals surface area (Å²) < 4.78 is 15.6. The third-order valence-electron chi connectivity index (χ3n) is 6.93. The first-order valence-corrected chi connectivity index (χ1v) is 16.3. The average molecular weight is 655 g/mol. The third-order valence-corrected chi connectivity index (χ3v) is 6.93. The Hall–Kier alpha value is -4.28. The first-order valence-electron chi connectivity index (χ1n) is 16.3. The second kappa shape index (κ2) is 18.8. The number of esters is 2. The molecule has 0 bridgehead atoms. The number of ether oxygens (including phenoxy) is 3. The Labute approximate surface area is 280 Å². The summed E-state index contributed by atoms with van der Waals surface area (Å²) in [5.74, 6) is -0.484. The Balaban J connectivity index is 2.27. The van der Waals surface area contributed by atoms with Crippen LogP contribution < -0.4 is 20.9 Å². The number of benzene rings is 2. The van der Waals surface area contributed by atoms with Gasteiger partial charge in [0.2, 0.25) is 0 Å². The summed E-state index contributed by atoms with van der Waals surface area (Å²) in [4.78, 5) is 52.1. The fourth-order valence-electron chi connectivity index (χ4n) is 4.90. The van der Waals surface area contributed by atoms with Gasteiger partial charge in [0.15, 0.2) is 0 Å². The highest BCUT2D eigenvalue weighted by Gasteiger charge is 2.22. The highest BCUT2D eigenvalue weighted by Crippen LogP contribution is 2.34. The van der Waals surface area contributed by atoms with Gasteiger partial charge >= 0.3 is 24.1 Å². The quantitative estimate of drug-likeness (QED) is 0.127. The van der Waals surface area contributed by atoms with Crippen molar-refractivity contribution >= 4 is 41.1 Å². The molecule has 0 aromatic heterocycles. The van der Waals surface area contributed by atoms with E-state index in [0.29, 0.717) is 29.6 Å². The van der Waals surface area contributed by atoms with E-state index in [0.717, 1.165) is 29.9 Å². The molecule has 2 aromatic rings. The number of aryl methyl sites for hydroxylation is 1. The van der Waals surface area contributed by atoms with Gasteiger partial charge in [-0.1, -0.05) is 51.5 Å². The molecule has 0 aliphatic heterocycles. The molecule has 3 N–H and O–H groups in total. The zero-order valence-corrected chi connectivity index (χ0v) is 29.5. The Kier molecular flexibility index (Phi) is 15.5. The smallest absolute Gasteiger partial charge is 0.407 e. The van der Waals surface area contributed by atoms with Crippen LogP contribution in [0, 0.1) is 18.8 Å². The van der Waals surface area contributed by atoms with E-state index >= 15 is 0 Å². The lowest BCUT2D eigenvalue weighted by molar-refractivity contribution is -0.143. The van der Waals surface area contributed by atoms with Crippen molar-refractivity contribution in [3.63, 3.8) is 0 Å². The van der Waals surface area contributed by atoms with Crippen molar-refractivity contribution in [2.45, 2.75) is 86.2 Å². The summed E-state index contributed by atoms with van der Waals surface area (Å²) in [7, 11) is 1.33. The van der Waals surface area contributed by atoms with Crippen molar-refractivity contribution in [3.05, 3.63) is 53.6 Å². The minimum Gasteiger partial charge on any atom is -0.469 e. The normalized spacial score (nSPS) is 11.9. The Bertz CT molecular complexity index is 1310. The Morgan fingerprint density at radius 3 is 2.09 bits per heavy atom. The lowest BCUT2D eigenvalue weighted by atomic mass is 9.91. The van der Waals surface area contributed by atoms with Crippen molar-refractivity contribution in [3.8, 4) is 0 Å². The molecule has 0 radical (unpaired) electrons. The number of methoxy groups -OCH3 is 1. The SMILES string of the molecule is COC(=O)C[C@H](CCOC(=O)CCNC(=O)OC(C)(C)C)c1ccc(N(CC(C)C)CC(C)C)c(NC(=O)Nc2ccc(C)cc2)c1. The lowest BCUT2D eigenvalue weighted by Crippen LogP contribution is -2.33. The molecule has 0 aliphatic rings. The maximum absolute atomic E-state index is 13.2. The zero-order valence-electron chi connectivity index (χ0n) is 29.5. The van der Waals surface area contributed by atoms with E-state index in [1.165, 1.54) is 7.11 Å². The second-order valence-electron chi connectivity index (χ2n) is 13.6. The van der Waals surface area contributed by atoms with Crippen molar-refractivity contribution in [1.82, 2.24) is 5.32 Å². The number of anilines is 3. The van der Waals surface area contributed by atoms with Gasteiger partial charge < -0.3 is 35.1 Å². The molecule has 0 saturated heterocycles. The average Bonchev–Trinajstić information content (AvgIpc) is 2.96. The predicted octanol–water partition coefficient (Wildman–Crippen LogP) is 7.25. The standard InChI is InChI=1S/C36H54N4O7/c1-24(2)22-40(23-25(3)4)31-15-12-27(20-30(31)39-34(43)38-29-13-10-26(5)11-14-29)28(21-33(42)45-9)17-19-46-32(41)16-18-37-35(44)47-36(6,7)8/h10-15,20,24-25,28H,16-19,21-23H2,1-9H3,(H,37,44)(H2,38,39,43)/t28-/m0/s1. The number of amides is 3. The molecule has 0 aliphatic carbocycles. The van der Waals surface area contributed by atoms with Crippen LogP contribution in [-0.4, -0.2) is 63.0 Å². The van der Waals surface area contributed by atoms with Crippen LogP contribution in [0.3, 0.4) is 0 Å². The van der Waals surface area contributed by atoms with Gasteiger partial charge in [0.1, 0.15) is 5.60 Å². The van der Waals surface area contributed by atoms with Crippen molar-refractivity contribution in [2.24, 2.45) is 11.8 Å². The molecule has 2 aromatic carbocycles. The topological polar surface area (TPSA) is 135 Å². The van der Waals surface area contributed by atoms with Crippen LogP contribution in [0.2, 0.25) is 0 Å². The molecule has 47 heavy (non-hydrogen) atoms. The third kappa shape index (κ3) is 15.2. The molecule has 0 heterocycles. The Morgan fingerprint density at radius 2 is 1.51 bits per heavy atom. The molecule has 0 unspecified atom stereocenters. The highest BCUT2D eigenvalue weighted by atomic mass is 16.6. The minimum atomic E-state index is -0.640. The van der Waals surface area contributed by atoms with Crippen LogP contribution in [0.4, 0.5) is 26.7 Å². The monoisotopic (exact) mass is 654 g/mol. The van der Waals surface area contributed by atoms with Gasteiger partial charge in [-0.3, -0.25) is 9.59 Å². The Morgan fingerprint density at radius 1 is 0.872 bits per heavy atom. The summed E-state index contributed by atoms with van der Waals surface area (Å²) in [6.07, 6.45) is -0.230. The molecule has 11 heteroatoms. The summed E-state index contributed by atoms with van der Waals surface area (Å²) >= 11 is 0. The number of hydrogen-bond donors (Lipinski definition) is 3. The van der Waals surface area contributed by atoms with Crippen LogP contribution in [0.5, 0.6) is 0 Å². The van der Waals surface area contributed by atoms with Gasteiger partial charge in [0.25, 0.3) is 0 Å². The molecule has 0 saturated carbocycles. The molecular weight excluding hydrogens is 600 g/mol. The van der Waals surface area contributed by atoms with Gasteiger partial charge in [-0.2, -0.15) is 0 Å². The van der Waals surface area contributed by atoms with Gasteiger partial charge in [-0.05, 0) is 81.7 Å². The summed E-state index contributed by atoms with van der Waals surface area (Å²) in [6, 6.07) is 13.0. The molecule has 0 fully saturated rings. The maximum Gasteiger partial charge on any atom is 0.407 e. The van der Waals surface area contributed by atoms with E-state index in [4.69, 9.17) is 14.2 Å². The predicted molar refractivity (Wildman–Crippen MR) is 186 cm³/mol. The number of urea groups is 1. The van der Waals surface area contributed by atoms with E-state index in [2.05, 4.69) is 48.5 Å². The minimum absolute atomic E-state index is 0.0265. The molecular formula is C36H54N4O7. The van der Waals surface area contributed by atoms with Crippen molar-refractivity contribution in [1.29, 1.82) is 0 Å². The number of carbonyl (C=O) groups is 4. The van der Waals surface area contributed by atoms with E-state index < -0.39 is 23.6 Å².